The van der Waals surface area contributed by atoms with Gasteiger partial charge in [0.15, 0.2) is 0 Å². The Morgan fingerprint density at radius 2 is 2.10 bits per heavy atom. The minimum atomic E-state index is -0.641. The summed E-state index contributed by atoms with van der Waals surface area (Å²) in [6, 6.07) is 9.16. The van der Waals surface area contributed by atoms with Crippen LogP contribution >= 0.6 is 0 Å². The Morgan fingerprint density at radius 1 is 1.30 bits per heavy atom. The maximum Gasteiger partial charge on any atom is 0.282 e. The molecule has 1 heterocycles. The number of nitrogens with zero attached hydrogens (tertiary/aromatic N) is 3. The zero-order chi connectivity index (χ0) is 14.4. The van der Waals surface area contributed by atoms with Gasteiger partial charge in [0.25, 0.3) is 11.6 Å². The molecular formula is C13H10N4O3. The lowest BCUT2D eigenvalue weighted by Gasteiger charge is -2.00. The molecule has 0 aliphatic rings. The fraction of sp³-hybridized carbons (Fsp3) is 0. The van der Waals surface area contributed by atoms with Crippen LogP contribution in [0.2, 0.25) is 0 Å². The smallest absolute Gasteiger partial charge is 0.267 e. The minimum absolute atomic E-state index is 0.0409. The average molecular weight is 270 g/mol. The first kappa shape index (κ1) is 13.3. The van der Waals surface area contributed by atoms with Gasteiger partial charge >= 0.3 is 0 Å². The van der Waals surface area contributed by atoms with E-state index in [1.807, 2.05) is 0 Å². The topological polar surface area (TPSA) is 97.5 Å². The molecule has 2 aromatic rings. The highest BCUT2D eigenvalue weighted by Crippen LogP contribution is 2.17. The Bertz CT molecular complexity index is 656. The molecule has 0 radical (unpaired) electrons. The predicted molar refractivity (Wildman–Crippen MR) is 72.4 cm³/mol. The molecule has 1 aromatic carbocycles. The summed E-state index contributed by atoms with van der Waals surface area (Å²) in [6.07, 6.45) is 4.59. The fourth-order valence-electron chi connectivity index (χ4n) is 1.50. The number of amides is 1. The quantitative estimate of drug-likeness (QED) is 0.520. The van der Waals surface area contributed by atoms with E-state index in [0.29, 0.717) is 5.56 Å². The summed E-state index contributed by atoms with van der Waals surface area (Å²) in [5.41, 5.74) is 2.64. The van der Waals surface area contributed by atoms with Crippen LogP contribution in [0.25, 0.3) is 0 Å². The number of benzene rings is 1. The molecule has 0 atom stereocenters. The summed E-state index contributed by atoms with van der Waals surface area (Å²) < 4.78 is 0. The number of carbonyl (C=O) groups is 1. The highest BCUT2D eigenvalue weighted by atomic mass is 16.6. The number of nitro groups is 1. The van der Waals surface area contributed by atoms with Crippen molar-refractivity contribution in [2.45, 2.75) is 0 Å². The van der Waals surface area contributed by atoms with Crippen LogP contribution in [0.1, 0.15) is 15.9 Å². The average Bonchev–Trinajstić information content (AvgIpc) is 2.48. The van der Waals surface area contributed by atoms with E-state index >= 15 is 0 Å². The van der Waals surface area contributed by atoms with Crippen molar-refractivity contribution in [3.63, 3.8) is 0 Å². The second-order valence-corrected chi connectivity index (χ2v) is 3.76. The van der Waals surface area contributed by atoms with Crippen molar-refractivity contribution in [1.29, 1.82) is 0 Å². The summed E-state index contributed by atoms with van der Waals surface area (Å²) in [6.45, 7) is 0. The number of rotatable bonds is 4. The molecule has 0 unspecified atom stereocenters. The van der Waals surface area contributed by atoms with E-state index in [4.69, 9.17) is 0 Å². The molecule has 20 heavy (non-hydrogen) atoms. The summed E-state index contributed by atoms with van der Waals surface area (Å²) in [5.74, 6) is -0.641. The fourth-order valence-corrected chi connectivity index (χ4v) is 1.50. The number of nitro benzene ring substituents is 1. The van der Waals surface area contributed by atoms with Crippen molar-refractivity contribution in [2.24, 2.45) is 5.10 Å². The number of aromatic nitrogens is 1. The molecule has 0 spiro atoms. The zero-order valence-corrected chi connectivity index (χ0v) is 10.3. The molecule has 0 bridgehead atoms. The van der Waals surface area contributed by atoms with Gasteiger partial charge in [0.05, 0.1) is 11.1 Å². The van der Waals surface area contributed by atoms with Gasteiger partial charge in [-0.3, -0.25) is 19.9 Å². The van der Waals surface area contributed by atoms with Gasteiger partial charge in [-0.2, -0.15) is 5.10 Å². The normalized spacial score (nSPS) is 10.4. The monoisotopic (exact) mass is 270 g/mol. The van der Waals surface area contributed by atoms with Gasteiger partial charge < -0.3 is 0 Å². The van der Waals surface area contributed by atoms with Crippen molar-refractivity contribution >= 4 is 17.8 Å². The minimum Gasteiger partial charge on any atom is -0.267 e. The summed E-state index contributed by atoms with van der Waals surface area (Å²) in [5, 5.41) is 14.5. The first-order valence-electron chi connectivity index (χ1n) is 5.65. The summed E-state index contributed by atoms with van der Waals surface area (Å²) >= 11 is 0. The Morgan fingerprint density at radius 3 is 2.80 bits per heavy atom. The van der Waals surface area contributed by atoms with Crippen LogP contribution < -0.4 is 5.43 Å². The van der Waals surface area contributed by atoms with E-state index in [1.54, 1.807) is 30.6 Å². The van der Waals surface area contributed by atoms with E-state index in [9.17, 15) is 14.9 Å². The Kier molecular flexibility index (Phi) is 4.13. The highest BCUT2D eigenvalue weighted by Gasteiger charge is 2.18. The Hall–Kier alpha value is -3.09. The van der Waals surface area contributed by atoms with Crippen LogP contribution in [0, 0.1) is 10.1 Å². The van der Waals surface area contributed by atoms with Gasteiger partial charge in [-0.05, 0) is 12.1 Å². The first-order chi connectivity index (χ1) is 9.68. The Balaban J connectivity index is 2.10. The third-order valence-electron chi connectivity index (χ3n) is 2.41. The molecule has 1 N–H and O–H groups in total. The molecule has 7 heteroatoms. The van der Waals surface area contributed by atoms with Gasteiger partial charge in [0.2, 0.25) is 0 Å². The molecule has 1 amide bonds. The number of pyridine rings is 1. The maximum absolute atomic E-state index is 11.8. The molecule has 7 nitrogen and oxygen atoms in total. The molecule has 100 valence electrons. The molecular weight excluding hydrogens is 260 g/mol. The molecule has 0 saturated carbocycles. The van der Waals surface area contributed by atoms with Crippen molar-refractivity contribution in [3.8, 4) is 0 Å². The van der Waals surface area contributed by atoms with Crippen LogP contribution in [0.3, 0.4) is 0 Å². The number of nitrogens with one attached hydrogen (secondary N) is 1. The molecule has 0 saturated heterocycles. The summed E-state index contributed by atoms with van der Waals surface area (Å²) in [7, 11) is 0. The number of carbonyl (C=O) groups excluding carboxylic acids is 1. The Labute approximate surface area is 114 Å². The second-order valence-electron chi connectivity index (χ2n) is 3.76. The predicted octanol–water partition coefficient (Wildman–Crippen LogP) is 1.75. The molecule has 0 fully saturated rings. The van der Waals surface area contributed by atoms with Gasteiger partial charge in [0.1, 0.15) is 5.56 Å². The van der Waals surface area contributed by atoms with Crippen molar-refractivity contribution in [2.75, 3.05) is 0 Å². The van der Waals surface area contributed by atoms with E-state index in [1.165, 1.54) is 24.4 Å². The number of hydrogen-bond donors (Lipinski definition) is 1. The third-order valence-corrected chi connectivity index (χ3v) is 2.41. The third kappa shape index (κ3) is 3.22. The molecule has 1 aromatic heterocycles. The standard InChI is InChI=1S/C13H10N4O3/c18-13(11-5-1-2-6-12(11)17(19)20)16-15-9-10-4-3-7-14-8-10/h1-9H,(H,16,18). The van der Waals surface area contributed by atoms with Crippen molar-refractivity contribution < 1.29 is 9.72 Å². The molecule has 0 aliphatic heterocycles. The SMILES string of the molecule is O=C(NN=Cc1cccnc1)c1ccccc1[N+](=O)[O-]. The molecule has 2 rings (SSSR count). The van der Waals surface area contributed by atoms with Crippen molar-refractivity contribution in [1.82, 2.24) is 10.4 Å². The van der Waals surface area contributed by atoms with E-state index in [2.05, 4.69) is 15.5 Å². The van der Waals surface area contributed by atoms with Crippen LogP contribution in [-0.2, 0) is 0 Å². The van der Waals surface area contributed by atoms with E-state index in [-0.39, 0.29) is 11.3 Å². The lowest BCUT2D eigenvalue weighted by atomic mass is 10.2. The van der Waals surface area contributed by atoms with Gasteiger partial charge in [0, 0.05) is 24.0 Å². The maximum atomic E-state index is 11.8. The summed E-state index contributed by atoms with van der Waals surface area (Å²) in [4.78, 5) is 25.9. The van der Waals surface area contributed by atoms with Crippen molar-refractivity contribution in [3.05, 3.63) is 70.0 Å². The van der Waals surface area contributed by atoms with E-state index in [0.717, 1.165) is 0 Å². The van der Waals surface area contributed by atoms with Gasteiger partial charge in [-0.15, -0.1) is 0 Å². The molecule has 0 aliphatic carbocycles. The first-order valence-corrected chi connectivity index (χ1v) is 5.65. The number of hydrogen-bond acceptors (Lipinski definition) is 5. The lowest BCUT2D eigenvalue weighted by molar-refractivity contribution is -0.385. The van der Waals surface area contributed by atoms with E-state index < -0.39 is 10.8 Å². The highest BCUT2D eigenvalue weighted by molar-refractivity contribution is 5.98. The van der Waals surface area contributed by atoms with Crippen LogP contribution in [0.4, 0.5) is 5.69 Å². The lowest BCUT2D eigenvalue weighted by Crippen LogP contribution is -2.18. The van der Waals surface area contributed by atoms with Gasteiger partial charge in [-0.25, -0.2) is 5.43 Å². The van der Waals surface area contributed by atoms with Crippen LogP contribution in [0.5, 0.6) is 0 Å². The largest absolute Gasteiger partial charge is 0.282 e. The second kappa shape index (κ2) is 6.19. The number of para-hydroxylation sites is 1. The van der Waals surface area contributed by atoms with Crippen LogP contribution in [0.15, 0.2) is 53.9 Å². The van der Waals surface area contributed by atoms with Crippen LogP contribution in [-0.4, -0.2) is 22.0 Å². The zero-order valence-electron chi connectivity index (χ0n) is 10.3. The number of hydrazone groups is 1. The van der Waals surface area contributed by atoms with Gasteiger partial charge in [-0.1, -0.05) is 18.2 Å².